The van der Waals surface area contributed by atoms with E-state index in [1.165, 1.54) is 0 Å². The summed E-state index contributed by atoms with van der Waals surface area (Å²) in [5, 5.41) is 9.20. The van der Waals surface area contributed by atoms with Gasteiger partial charge in [-0.3, -0.25) is 0 Å². The smallest absolute Gasteiger partial charge is 0.148 e. The molecular formula is C9H8ClN3. The van der Waals surface area contributed by atoms with Gasteiger partial charge < -0.3 is 4.90 Å². The predicted octanol–water partition coefficient (Wildman–Crippen LogP) is 1.60. The fourth-order valence-corrected chi connectivity index (χ4v) is 1.82. The second-order valence-electron chi connectivity index (χ2n) is 3.08. The maximum atomic E-state index is 8.90. The molecule has 0 atom stereocenters. The van der Waals surface area contributed by atoms with E-state index >= 15 is 0 Å². The van der Waals surface area contributed by atoms with E-state index in [4.69, 9.17) is 16.9 Å². The van der Waals surface area contributed by atoms with Gasteiger partial charge in [0.05, 0.1) is 5.69 Å². The first-order chi connectivity index (χ1) is 6.24. The summed E-state index contributed by atoms with van der Waals surface area (Å²) in [5.41, 5.74) is 2.56. The number of nitrogens with zero attached hydrogens (tertiary/aromatic N) is 3. The zero-order chi connectivity index (χ0) is 9.42. The Kier molecular flexibility index (Phi) is 1.86. The molecule has 0 saturated heterocycles. The highest BCUT2D eigenvalue weighted by molar-refractivity contribution is 6.31. The fourth-order valence-electron chi connectivity index (χ4n) is 1.64. The maximum Gasteiger partial charge on any atom is 0.148 e. The van der Waals surface area contributed by atoms with Gasteiger partial charge in [-0.2, -0.15) is 5.26 Å². The van der Waals surface area contributed by atoms with E-state index in [2.05, 4.69) is 11.1 Å². The Balaban J connectivity index is 2.69. The van der Waals surface area contributed by atoms with Crippen molar-refractivity contribution >= 4 is 17.3 Å². The molecule has 3 nitrogen and oxygen atoms in total. The molecule has 0 amide bonds. The molecule has 1 aromatic rings. The lowest BCUT2D eigenvalue weighted by Crippen LogP contribution is -2.13. The summed E-state index contributed by atoms with van der Waals surface area (Å²) >= 11 is 5.81. The van der Waals surface area contributed by atoms with Crippen LogP contribution in [0.25, 0.3) is 0 Å². The standard InChI is InChI=1S/C9H8ClN3/c1-13-3-2-6-5-12-9(10)7(4-11)8(6)13/h5H,2-3H2,1H3. The van der Waals surface area contributed by atoms with Crippen LogP contribution in [-0.4, -0.2) is 18.6 Å². The average Bonchev–Trinajstić information content (AvgIpc) is 2.49. The molecule has 1 aliphatic heterocycles. The average molecular weight is 194 g/mol. The lowest BCUT2D eigenvalue weighted by Gasteiger charge is -2.13. The molecule has 2 heterocycles. The van der Waals surface area contributed by atoms with Gasteiger partial charge in [0.25, 0.3) is 0 Å². The highest BCUT2D eigenvalue weighted by Gasteiger charge is 2.21. The third-order valence-corrected chi connectivity index (χ3v) is 2.58. The largest absolute Gasteiger partial charge is 0.373 e. The van der Waals surface area contributed by atoms with Crippen LogP contribution >= 0.6 is 11.6 Å². The normalized spacial score (nSPS) is 14.1. The van der Waals surface area contributed by atoms with Crippen molar-refractivity contribution in [3.8, 4) is 6.07 Å². The van der Waals surface area contributed by atoms with Crippen molar-refractivity contribution in [2.24, 2.45) is 0 Å². The van der Waals surface area contributed by atoms with Gasteiger partial charge in [0, 0.05) is 19.8 Å². The van der Waals surface area contributed by atoms with Crippen LogP contribution in [0.5, 0.6) is 0 Å². The molecule has 0 saturated carbocycles. The summed E-state index contributed by atoms with van der Waals surface area (Å²) in [6, 6.07) is 2.09. The highest BCUT2D eigenvalue weighted by atomic mass is 35.5. The van der Waals surface area contributed by atoms with Crippen molar-refractivity contribution < 1.29 is 0 Å². The van der Waals surface area contributed by atoms with Crippen molar-refractivity contribution in [2.75, 3.05) is 18.5 Å². The van der Waals surface area contributed by atoms with Gasteiger partial charge in [-0.25, -0.2) is 4.98 Å². The number of aromatic nitrogens is 1. The number of hydrogen-bond donors (Lipinski definition) is 0. The molecule has 0 N–H and O–H groups in total. The van der Waals surface area contributed by atoms with Gasteiger partial charge >= 0.3 is 0 Å². The summed E-state index contributed by atoms with van der Waals surface area (Å²) in [6.07, 6.45) is 2.70. The molecule has 1 aromatic heterocycles. The van der Waals surface area contributed by atoms with E-state index in [0.29, 0.717) is 10.7 Å². The molecule has 66 valence electrons. The lowest BCUT2D eigenvalue weighted by molar-refractivity contribution is 0.954. The van der Waals surface area contributed by atoms with Crippen LogP contribution in [0.15, 0.2) is 6.20 Å². The Bertz CT molecular complexity index is 395. The zero-order valence-electron chi connectivity index (χ0n) is 7.21. The molecule has 0 unspecified atom stereocenters. The Labute approximate surface area is 81.6 Å². The van der Waals surface area contributed by atoms with Crippen LogP contribution in [-0.2, 0) is 6.42 Å². The van der Waals surface area contributed by atoms with Crippen LogP contribution in [0.2, 0.25) is 5.15 Å². The van der Waals surface area contributed by atoms with Gasteiger partial charge in [-0.15, -0.1) is 0 Å². The second-order valence-corrected chi connectivity index (χ2v) is 3.44. The predicted molar refractivity (Wildman–Crippen MR) is 50.9 cm³/mol. The zero-order valence-corrected chi connectivity index (χ0v) is 7.97. The van der Waals surface area contributed by atoms with Crippen molar-refractivity contribution in [1.82, 2.24) is 4.98 Å². The monoisotopic (exact) mass is 193 g/mol. The van der Waals surface area contributed by atoms with E-state index in [1.54, 1.807) is 6.20 Å². The third-order valence-electron chi connectivity index (χ3n) is 2.29. The summed E-state index contributed by atoms with van der Waals surface area (Å²) in [4.78, 5) is 6.02. The minimum Gasteiger partial charge on any atom is -0.373 e. The third kappa shape index (κ3) is 1.14. The number of fused-ring (bicyclic) bond motifs is 1. The Morgan fingerprint density at radius 3 is 3.15 bits per heavy atom. The molecule has 0 aliphatic carbocycles. The minimum atomic E-state index is 0.301. The molecule has 13 heavy (non-hydrogen) atoms. The van der Waals surface area contributed by atoms with E-state index in [9.17, 15) is 0 Å². The molecular weight excluding hydrogens is 186 g/mol. The Morgan fingerprint density at radius 2 is 2.46 bits per heavy atom. The van der Waals surface area contributed by atoms with Crippen molar-refractivity contribution in [3.63, 3.8) is 0 Å². The first kappa shape index (κ1) is 8.33. The number of rotatable bonds is 0. The number of hydrogen-bond acceptors (Lipinski definition) is 3. The molecule has 4 heteroatoms. The van der Waals surface area contributed by atoms with Crippen LogP contribution in [0.3, 0.4) is 0 Å². The number of halogens is 1. The molecule has 0 spiro atoms. The maximum absolute atomic E-state index is 8.90. The summed E-state index contributed by atoms with van der Waals surface area (Å²) in [5.74, 6) is 0. The fraction of sp³-hybridized carbons (Fsp3) is 0.333. The summed E-state index contributed by atoms with van der Waals surface area (Å²) in [6.45, 7) is 0.937. The van der Waals surface area contributed by atoms with E-state index in [-0.39, 0.29) is 0 Å². The SMILES string of the molecule is CN1CCc2cnc(Cl)c(C#N)c21. The van der Waals surface area contributed by atoms with Gasteiger partial charge in [-0.05, 0) is 12.0 Å². The highest BCUT2D eigenvalue weighted by Crippen LogP contribution is 2.32. The first-order valence-electron chi connectivity index (χ1n) is 4.02. The number of likely N-dealkylation sites (N-methyl/N-ethyl adjacent to an activating group) is 1. The number of nitriles is 1. The van der Waals surface area contributed by atoms with Crippen molar-refractivity contribution in [3.05, 3.63) is 22.5 Å². The first-order valence-corrected chi connectivity index (χ1v) is 4.40. The summed E-state index contributed by atoms with van der Waals surface area (Å²) < 4.78 is 0. The second kappa shape index (κ2) is 2.90. The minimum absolute atomic E-state index is 0.301. The van der Waals surface area contributed by atoms with Gasteiger partial charge in [0.15, 0.2) is 0 Å². The Morgan fingerprint density at radius 1 is 1.69 bits per heavy atom. The van der Waals surface area contributed by atoms with Crippen LogP contribution in [0, 0.1) is 11.3 Å². The molecule has 2 rings (SSSR count). The van der Waals surface area contributed by atoms with Crippen LogP contribution in [0.1, 0.15) is 11.1 Å². The lowest BCUT2D eigenvalue weighted by atomic mass is 10.1. The number of anilines is 1. The van der Waals surface area contributed by atoms with Crippen LogP contribution in [0.4, 0.5) is 5.69 Å². The Hall–Kier alpha value is -1.27. The van der Waals surface area contributed by atoms with Crippen molar-refractivity contribution in [2.45, 2.75) is 6.42 Å². The molecule has 0 bridgehead atoms. The van der Waals surface area contributed by atoms with Gasteiger partial charge in [0.1, 0.15) is 16.8 Å². The molecule has 0 fully saturated rings. The molecule has 1 aliphatic rings. The van der Waals surface area contributed by atoms with Gasteiger partial charge in [0.2, 0.25) is 0 Å². The van der Waals surface area contributed by atoms with Crippen molar-refractivity contribution in [1.29, 1.82) is 5.26 Å². The van der Waals surface area contributed by atoms with Gasteiger partial charge in [-0.1, -0.05) is 11.6 Å². The van der Waals surface area contributed by atoms with E-state index < -0.39 is 0 Å². The van der Waals surface area contributed by atoms with E-state index in [0.717, 1.165) is 24.2 Å². The molecule has 0 radical (unpaired) electrons. The summed E-state index contributed by atoms with van der Waals surface area (Å²) in [7, 11) is 1.96. The quantitative estimate of drug-likeness (QED) is 0.588. The topological polar surface area (TPSA) is 39.9 Å². The molecule has 0 aromatic carbocycles. The number of pyridine rings is 1. The van der Waals surface area contributed by atoms with Crippen LogP contribution < -0.4 is 4.90 Å². The van der Waals surface area contributed by atoms with E-state index in [1.807, 2.05) is 11.9 Å².